The van der Waals surface area contributed by atoms with Gasteiger partial charge in [0.05, 0.1) is 19.1 Å². The number of nitrogens with one attached hydrogen (secondary N) is 2. The highest BCUT2D eigenvalue weighted by molar-refractivity contribution is 7.92. The molecule has 0 spiro atoms. The van der Waals surface area contributed by atoms with Crippen molar-refractivity contribution in [2.75, 3.05) is 23.4 Å². The molecule has 0 bridgehead atoms. The third kappa shape index (κ3) is 4.84. The second-order valence-electron chi connectivity index (χ2n) is 6.00. The topological polar surface area (TPSA) is 110 Å². The van der Waals surface area contributed by atoms with Crippen molar-refractivity contribution in [3.05, 3.63) is 53.6 Å². The Labute approximate surface area is 166 Å². The van der Waals surface area contributed by atoms with Crippen molar-refractivity contribution in [2.45, 2.75) is 6.92 Å². The van der Waals surface area contributed by atoms with Gasteiger partial charge in [-0.25, -0.2) is 8.42 Å². The fraction of sp³-hybridized carbons (Fsp3) is 0.167. The van der Waals surface area contributed by atoms with E-state index in [0.29, 0.717) is 27.0 Å². The van der Waals surface area contributed by atoms with Crippen LogP contribution in [-0.2, 0) is 10.0 Å². The van der Waals surface area contributed by atoms with Crippen LogP contribution in [0, 0.1) is 6.92 Å². The number of anilines is 2. The Kier molecular flexibility index (Phi) is 5.61. The highest BCUT2D eigenvalue weighted by Gasteiger charge is 2.13. The van der Waals surface area contributed by atoms with Gasteiger partial charge in [-0.3, -0.25) is 14.8 Å². The zero-order valence-electron chi connectivity index (χ0n) is 15.4. The monoisotopic (exact) mass is 418 g/mol. The summed E-state index contributed by atoms with van der Waals surface area (Å²) >= 11 is 1.25. The molecule has 0 aliphatic heterocycles. The molecule has 28 heavy (non-hydrogen) atoms. The van der Waals surface area contributed by atoms with E-state index in [9.17, 15) is 13.2 Å². The Bertz CT molecular complexity index is 1110. The fourth-order valence-corrected chi connectivity index (χ4v) is 3.79. The van der Waals surface area contributed by atoms with Crippen molar-refractivity contribution in [3.63, 3.8) is 0 Å². The number of carbonyl (C=O) groups is 1. The van der Waals surface area contributed by atoms with Crippen molar-refractivity contribution in [1.29, 1.82) is 0 Å². The average Bonchev–Trinajstić information content (AvgIpc) is 3.11. The molecule has 2 N–H and O–H groups in total. The van der Waals surface area contributed by atoms with Crippen LogP contribution in [0.1, 0.15) is 15.9 Å². The molecule has 3 rings (SSSR count). The summed E-state index contributed by atoms with van der Waals surface area (Å²) in [4.78, 5) is 12.5. The van der Waals surface area contributed by atoms with Gasteiger partial charge in [-0.05, 0) is 55.0 Å². The molecule has 1 aromatic heterocycles. The number of aryl methyl sites for hydroxylation is 1. The second-order valence-corrected chi connectivity index (χ2v) is 8.72. The van der Waals surface area contributed by atoms with E-state index in [1.165, 1.54) is 11.3 Å². The van der Waals surface area contributed by atoms with Crippen LogP contribution in [0.2, 0.25) is 0 Å². The van der Waals surface area contributed by atoms with Crippen LogP contribution >= 0.6 is 11.3 Å². The Morgan fingerprint density at radius 2 is 1.82 bits per heavy atom. The van der Waals surface area contributed by atoms with Crippen molar-refractivity contribution in [3.8, 4) is 16.3 Å². The van der Waals surface area contributed by atoms with E-state index in [4.69, 9.17) is 4.74 Å². The molecule has 1 heterocycles. The molecule has 0 saturated heterocycles. The molecule has 0 aliphatic rings. The highest BCUT2D eigenvalue weighted by atomic mass is 32.2. The normalized spacial score (nSPS) is 11.1. The summed E-state index contributed by atoms with van der Waals surface area (Å²) in [5, 5.41) is 11.8. The Morgan fingerprint density at radius 1 is 1.11 bits per heavy atom. The number of aromatic nitrogens is 2. The van der Waals surface area contributed by atoms with Crippen LogP contribution in [0.15, 0.2) is 42.5 Å². The third-order valence-corrected chi connectivity index (χ3v) is 5.24. The van der Waals surface area contributed by atoms with Crippen LogP contribution in [-0.4, -0.2) is 37.9 Å². The summed E-state index contributed by atoms with van der Waals surface area (Å²) in [5.41, 5.74) is 2.31. The lowest BCUT2D eigenvalue weighted by Crippen LogP contribution is -2.14. The summed E-state index contributed by atoms with van der Waals surface area (Å²) in [7, 11) is -1.79. The molecule has 0 atom stereocenters. The summed E-state index contributed by atoms with van der Waals surface area (Å²) in [6, 6.07) is 12.1. The third-order valence-electron chi connectivity index (χ3n) is 3.77. The van der Waals surface area contributed by atoms with Crippen LogP contribution in [0.3, 0.4) is 0 Å². The average molecular weight is 419 g/mol. The van der Waals surface area contributed by atoms with Gasteiger partial charge in [-0.15, -0.1) is 10.2 Å². The molecule has 8 nitrogen and oxygen atoms in total. The maximum Gasteiger partial charge on any atom is 0.257 e. The SMILES string of the molecule is COc1ccc(-c2nnc(NC(=O)c3ccc(NS(C)(=O)=O)c(C)c3)s2)cc1. The molecule has 10 heteroatoms. The van der Waals surface area contributed by atoms with Crippen molar-refractivity contribution >= 4 is 38.1 Å². The van der Waals surface area contributed by atoms with E-state index in [2.05, 4.69) is 20.2 Å². The predicted octanol–water partition coefficient (Wildman–Crippen LogP) is 3.15. The number of rotatable bonds is 6. The minimum atomic E-state index is -3.38. The van der Waals surface area contributed by atoms with Crippen LogP contribution in [0.25, 0.3) is 10.6 Å². The van der Waals surface area contributed by atoms with Gasteiger partial charge in [-0.1, -0.05) is 11.3 Å². The number of amides is 1. The van der Waals surface area contributed by atoms with E-state index >= 15 is 0 Å². The molecule has 0 radical (unpaired) electrons. The van der Waals surface area contributed by atoms with Gasteiger partial charge in [0.2, 0.25) is 15.2 Å². The summed E-state index contributed by atoms with van der Waals surface area (Å²) in [6.45, 7) is 1.72. The Hall–Kier alpha value is -2.98. The maximum atomic E-state index is 12.5. The maximum absolute atomic E-state index is 12.5. The number of hydrogen-bond acceptors (Lipinski definition) is 7. The predicted molar refractivity (Wildman–Crippen MR) is 109 cm³/mol. The molecular weight excluding hydrogens is 400 g/mol. The van der Waals surface area contributed by atoms with E-state index in [1.807, 2.05) is 24.3 Å². The van der Waals surface area contributed by atoms with E-state index < -0.39 is 10.0 Å². The van der Waals surface area contributed by atoms with E-state index in [1.54, 1.807) is 32.2 Å². The number of hydrogen-bond donors (Lipinski definition) is 2. The summed E-state index contributed by atoms with van der Waals surface area (Å²) in [6.07, 6.45) is 1.07. The number of methoxy groups -OCH3 is 1. The number of nitrogens with zero attached hydrogens (tertiary/aromatic N) is 2. The zero-order chi connectivity index (χ0) is 20.3. The minimum absolute atomic E-state index is 0.355. The van der Waals surface area contributed by atoms with E-state index in [-0.39, 0.29) is 5.91 Å². The number of benzene rings is 2. The van der Waals surface area contributed by atoms with Gasteiger partial charge in [-0.2, -0.15) is 0 Å². The zero-order valence-corrected chi connectivity index (χ0v) is 17.0. The van der Waals surface area contributed by atoms with Crippen LogP contribution in [0.4, 0.5) is 10.8 Å². The van der Waals surface area contributed by atoms with Gasteiger partial charge < -0.3 is 4.74 Å². The first-order valence-electron chi connectivity index (χ1n) is 8.13. The van der Waals surface area contributed by atoms with Gasteiger partial charge in [0.25, 0.3) is 5.91 Å². The Balaban J connectivity index is 1.73. The lowest BCUT2D eigenvalue weighted by atomic mass is 10.1. The van der Waals surface area contributed by atoms with E-state index in [0.717, 1.165) is 17.6 Å². The van der Waals surface area contributed by atoms with Crippen LogP contribution < -0.4 is 14.8 Å². The number of carbonyl (C=O) groups excluding carboxylic acids is 1. The standard InChI is InChI=1S/C18H18N4O4S2/c1-11-10-13(6-9-15(11)22-28(3,24)25)16(23)19-18-21-20-17(27-18)12-4-7-14(26-2)8-5-12/h4-10,22H,1-3H3,(H,19,21,23). The quantitative estimate of drug-likeness (QED) is 0.636. The molecule has 2 aromatic carbocycles. The molecule has 0 unspecified atom stereocenters. The molecule has 1 amide bonds. The summed E-state index contributed by atoms with van der Waals surface area (Å²) in [5.74, 6) is 0.386. The minimum Gasteiger partial charge on any atom is -0.497 e. The first-order valence-corrected chi connectivity index (χ1v) is 10.8. The molecule has 0 aliphatic carbocycles. The largest absolute Gasteiger partial charge is 0.497 e. The Morgan fingerprint density at radius 3 is 2.43 bits per heavy atom. The van der Waals surface area contributed by atoms with Crippen LogP contribution in [0.5, 0.6) is 5.75 Å². The van der Waals surface area contributed by atoms with Crippen molar-refractivity contribution < 1.29 is 17.9 Å². The van der Waals surface area contributed by atoms with Gasteiger partial charge in [0.1, 0.15) is 10.8 Å². The van der Waals surface area contributed by atoms with Crippen molar-refractivity contribution in [1.82, 2.24) is 10.2 Å². The smallest absolute Gasteiger partial charge is 0.257 e. The van der Waals surface area contributed by atoms with Crippen molar-refractivity contribution in [2.24, 2.45) is 0 Å². The molecule has 0 fully saturated rings. The van der Waals surface area contributed by atoms with Gasteiger partial charge >= 0.3 is 0 Å². The number of sulfonamides is 1. The first kappa shape index (κ1) is 19.8. The first-order chi connectivity index (χ1) is 13.2. The number of ether oxygens (including phenoxy) is 1. The summed E-state index contributed by atoms with van der Waals surface area (Å²) < 4.78 is 30.2. The highest BCUT2D eigenvalue weighted by Crippen LogP contribution is 2.28. The molecule has 146 valence electrons. The molecule has 3 aromatic rings. The lowest BCUT2D eigenvalue weighted by molar-refractivity contribution is 0.102. The lowest BCUT2D eigenvalue weighted by Gasteiger charge is -2.09. The molecular formula is C18H18N4O4S2. The molecule has 0 saturated carbocycles. The van der Waals surface area contributed by atoms with Gasteiger partial charge in [0.15, 0.2) is 0 Å². The van der Waals surface area contributed by atoms with Gasteiger partial charge in [0, 0.05) is 11.1 Å². The second kappa shape index (κ2) is 7.95. The fourth-order valence-electron chi connectivity index (χ4n) is 2.41.